The van der Waals surface area contributed by atoms with Crippen molar-refractivity contribution in [3.05, 3.63) is 0 Å². The van der Waals surface area contributed by atoms with E-state index in [2.05, 4.69) is 55.4 Å². The molecule has 1 unspecified atom stereocenters. The number of aliphatic carboxylic acids is 2. The second kappa shape index (κ2) is 84.3. The molecule has 524 valence electrons. The van der Waals surface area contributed by atoms with Crippen LogP contribution in [0.1, 0.15) is 388 Å². The van der Waals surface area contributed by atoms with Gasteiger partial charge in [-0.3, -0.25) is 33.6 Å². The molecule has 0 amide bonds. The van der Waals surface area contributed by atoms with E-state index in [0.717, 1.165) is 180 Å². The first kappa shape index (κ1) is 99.5. The first-order valence-electron chi connectivity index (χ1n) is 35.6. The minimum absolute atomic E-state index is 0.0258. The number of carbonyl (C=O) groups is 7. The smallest absolute Gasteiger partial charge is 0.307 e. The summed E-state index contributed by atoms with van der Waals surface area (Å²) < 4.78 is 26.1. The lowest BCUT2D eigenvalue weighted by molar-refractivity contribution is -0.154. The Hall–Kier alpha value is -3.75. The van der Waals surface area contributed by atoms with Crippen LogP contribution in [0.2, 0.25) is 0 Å². The average Bonchev–Trinajstić information content (AvgIpc) is 3.53. The molecule has 0 saturated heterocycles. The third-order valence-electron chi connectivity index (χ3n) is 13.8. The minimum Gasteiger partial charge on any atom is -0.481 e. The first-order valence-corrected chi connectivity index (χ1v) is 35.6. The van der Waals surface area contributed by atoms with Gasteiger partial charge in [-0.1, -0.05) is 234 Å². The van der Waals surface area contributed by atoms with Crippen LogP contribution in [0.15, 0.2) is 0 Å². The van der Waals surface area contributed by atoms with Gasteiger partial charge in [0.05, 0.1) is 12.5 Å². The largest absolute Gasteiger partial charge is 0.481 e. The quantitative estimate of drug-likeness (QED) is 0.0293. The molecule has 0 spiro atoms. The predicted molar refractivity (Wildman–Crippen MR) is 363 cm³/mol. The van der Waals surface area contributed by atoms with E-state index in [-0.39, 0.29) is 66.8 Å². The van der Waals surface area contributed by atoms with Gasteiger partial charge in [0.1, 0.15) is 30.5 Å². The Morgan fingerprint density at radius 2 is 0.414 bits per heavy atom. The summed E-state index contributed by atoms with van der Waals surface area (Å²) in [5.74, 6) is -1.99. The summed E-state index contributed by atoms with van der Waals surface area (Å²) >= 11 is 0. The Morgan fingerprint density at radius 1 is 0.241 bits per heavy atom. The summed E-state index contributed by atoms with van der Waals surface area (Å²) in [4.78, 5) is 76.4. The number of carboxylic acid groups (broad SMARTS) is 2. The SMILES string of the molecule is CCC(O)CC.CCCCCC.CCCCCC(=O)O.CCCCCC(=O)OC(CC)CC.CCCCCC(=O)OC(CC)CC.CCCCCC(=O)OC(CC)CC.CCCCCC(=O)OC(CC)CC.CCCCCC(=O)OC(CC)CC(=O)O. The first-order chi connectivity index (χ1) is 41.5. The van der Waals surface area contributed by atoms with Gasteiger partial charge in [0.25, 0.3) is 0 Å². The Morgan fingerprint density at radius 3 is 0.552 bits per heavy atom. The second-order valence-electron chi connectivity index (χ2n) is 22.1. The van der Waals surface area contributed by atoms with Crippen LogP contribution in [0.25, 0.3) is 0 Å². The number of hydrogen-bond acceptors (Lipinski definition) is 13. The van der Waals surface area contributed by atoms with E-state index in [4.69, 9.17) is 39.0 Å². The van der Waals surface area contributed by atoms with Crippen LogP contribution in [-0.2, 0) is 57.2 Å². The van der Waals surface area contributed by atoms with Crippen molar-refractivity contribution in [2.24, 2.45) is 0 Å². The Bertz CT molecular complexity index is 1290. The van der Waals surface area contributed by atoms with E-state index in [0.29, 0.717) is 44.9 Å². The number of hydrogen-bond donors (Lipinski definition) is 3. The number of carbonyl (C=O) groups excluding carboxylic acids is 5. The molecule has 15 heteroatoms. The van der Waals surface area contributed by atoms with Gasteiger partial charge >= 0.3 is 41.8 Å². The topological polar surface area (TPSA) is 226 Å². The molecule has 0 bridgehead atoms. The van der Waals surface area contributed by atoms with Gasteiger partial charge in [-0.05, 0) is 109 Å². The van der Waals surface area contributed by atoms with Crippen LogP contribution in [0.4, 0.5) is 0 Å². The molecule has 0 aromatic heterocycles. The van der Waals surface area contributed by atoms with Gasteiger partial charge in [0.2, 0.25) is 0 Å². The van der Waals surface area contributed by atoms with Crippen molar-refractivity contribution in [3.8, 4) is 0 Å². The van der Waals surface area contributed by atoms with E-state index >= 15 is 0 Å². The second-order valence-corrected chi connectivity index (χ2v) is 22.1. The lowest BCUT2D eigenvalue weighted by Crippen LogP contribution is -2.20. The molecule has 0 saturated carbocycles. The highest BCUT2D eigenvalue weighted by molar-refractivity contribution is 5.72. The maximum absolute atomic E-state index is 11.3. The fourth-order valence-corrected chi connectivity index (χ4v) is 7.42. The van der Waals surface area contributed by atoms with Crippen LogP contribution in [0.5, 0.6) is 0 Å². The van der Waals surface area contributed by atoms with Gasteiger partial charge in [0, 0.05) is 38.5 Å². The minimum atomic E-state index is -0.928. The van der Waals surface area contributed by atoms with Crippen LogP contribution in [0.3, 0.4) is 0 Å². The zero-order valence-corrected chi connectivity index (χ0v) is 60.5. The molecular weight excluding hydrogens is 1100 g/mol. The van der Waals surface area contributed by atoms with Crippen molar-refractivity contribution >= 4 is 41.8 Å². The summed E-state index contributed by atoms with van der Waals surface area (Å²) in [5, 5.41) is 25.4. The molecular formula is C72H146O15. The summed E-state index contributed by atoms with van der Waals surface area (Å²) in [7, 11) is 0. The molecule has 0 radical (unpaired) electrons. The number of unbranched alkanes of at least 4 members (excludes halogenated alkanes) is 15. The van der Waals surface area contributed by atoms with Crippen LogP contribution >= 0.6 is 0 Å². The van der Waals surface area contributed by atoms with E-state index in [1.807, 2.05) is 76.2 Å². The molecule has 0 aromatic carbocycles. The molecule has 0 rings (SSSR count). The normalized spacial score (nSPS) is 10.5. The molecule has 0 heterocycles. The Labute approximate surface area is 537 Å². The van der Waals surface area contributed by atoms with Crippen LogP contribution < -0.4 is 0 Å². The summed E-state index contributed by atoms with van der Waals surface area (Å²) in [5.41, 5.74) is 0. The zero-order valence-electron chi connectivity index (χ0n) is 60.5. The fraction of sp³-hybridized carbons (Fsp3) is 0.903. The summed E-state index contributed by atoms with van der Waals surface area (Å²) in [6.07, 6.45) is 37.0. The summed E-state index contributed by atoms with van der Waals surface area (Å²) in [6.45, 7) is 39.3. The maximum Gasteiger partial charge on any atom is 0.307 e. The van der Waals surface area contributed by atoms with Gasteiger partial charge in [-0.15, -0.1) is 0 Å². The predicted octanol–water partition coefficient (Wildman–Crippen LogP) is 21.0. The zero-order chi connectivity index (χ0) is 68.3. The number of esters is 5. The van der Waals surface area contributed by atoms with Crippen molar-refractivity contribution < 1.29 is 72.6 Å². The third-order valence-corrected chi connectivity index (χ3v) is 13.8. The van der Waals surface area contributed by atoms with Crippen molar-refractivity contribution in [1.82, 2.24) is 0 Å². The highest BCUT2D eigenvalue weighted by Gasteiger charge is 2.16. The molecule has 0 aliphatic heterocycles. The maximum atomic E-state index is 11.3. The highest BCUT2D eigenvalue weighted by atomic mass is 16.6. The van der Waals surface area contributed by atoms with Crippen molar-refractivity contribution in [2.45, 2.75) is 425 Å². The molecule has 0 aliphatic carbocycles. The van der Waals surface area contributed by atoms with E-state index in [9.17, 15) is 33.6 Å². The lowest BCUT2D eigenvalue weighted by Gasteiger charge is -2.13. The number of aliphatic hydroxyl groups is 1. The van der Waals surface area contributed by atoms with E-state index in [1.54, 1.807) is 0 Å². The molecule has 1 atom stereocenters. The van der Waals surface area contributed by atoms with Gasteiger partial charge in [-0.25, -0.2) is 0 Å². The van der Waals surface area contributed by atoms with E-state index < -0.39 is 18.0 Å². The number of carboxylic acids is 2. The molecule has 87 heavy (non-hydrogen) atoms. The molecule has 0 aromatic rings. The van der Waals surface area contributed by atoms with Gasteiger partial charge in [0.15, 0.2) is 0 Å². The number of ether oxygens (including phenoxy) is 5. The molecule has 3 N–H and O–H groups in total. The Balaban J connectivity index is -0.000000139. The van der Waals surface area contributed by atoms with Crippen molar-refractivity contribution in [1.29, 1.82) is 0 Å². The van der Waals surface area contributed by atoms with Gasteiger partial charge in [-0.2, -0.15) is 0 Å². The number of aliphatic hydroxyl groups excluding tert-OH is 1. The fourth-order valence-electron chi connectivity index (χ4n) is 7.42. The highest BCUT2D eigenvalue weighted by Crippen LogP contribution is 2.12. The average molecular weight is 1250 g/mol. The standard InChI is InChI=1S/C11H20O4.4C11H22O2.C6H12O2.C6H14.C5H12O/c1-3-5-6-7-11(14)15-9(4-2)8-10(12)13;4*1-4-7-8-9-11(12)13-10(5-2)6-3;1-2-3-4-5-6(7)8;1-3-5-6-4-2;1-3-5(6)4-2/h9H,3-8H2,1-2H3,(H,12,13);4*10H,4-9H2,1-3H3;2-5H2,1H3,(H,7,8);3-6H2,1-2H3;5-6H,3-4H2,1-2H3. The monoisotopic (exact) mass is 1250 g/mol. The summed E-state index contributed by atoms with van der Waals surface area (Å²) in [6, 6.07) is 0. The molecule has 0 aliphatic rings. The van der Waals surface area contributed by atoms with Crippen molar-refractivity contribution in [2.75, 3.05) is 0 Å². The van der Waals surface area contributed by atoms with Gasteiger partial charge < -0.3 is 39.0 Å². The number of rotatable bonds is 45. The van der Waals surface area contributed by atoms with Crippen LogP contribution in [-0.4, -0.2) is 93.7 Å². The molecule has 15 nitrogen and oxygen atoms in total. The third kappa shape index (κ3) is 93.5. The van der Waals surface area contributed by atoms with Crippen molar-refractivity contribution in [3.63, 3.8) is 0 Å². The van der Waals surface area contributed by atoms with Crippen LogP contribution in [0, 0.1) is 0 Å². The van der Waals surface area contributed by atoms with E-state index in [1.165, 1.54) is 25.7 Å². The Kier molecular flexibility index (Phi) is 96.4. The molecule has 0 fully saturated rings. The lowest BCUT2D eigenvalue weighted by atomic mass is 10.2.